The van der Waals surface area contributed by atoms with Crippen LogP contribution in [0.15, 0.2) is 29.3 Å². The summed E-state index contributed by atoms with van der Waals surface area (Å²) in [5.74, 6) is -2.63. The van der Waals surface area contributed by atoms with E-state index in [9.17, 15) is 18.0 Å². The zero-order chi connectivity index (χ0) is 20.9. The van der Waals surface area contributed by atoms with E-state index in [1.807, 2.05) is 35.8 Å². The third kappa shape index (κ3) is 5.74. The van der Waals surface area contributed by atoms with Gasteiger partial charge in [0.05, 0.1) is 16.8 Å². The van der Waals surface area contributed by atoms with Gasteiger partial charge < -0.3 is 14.2 Å². The van der Waals surface area contributed by atoms with Crippen LogP contribution in [-0.4, -0.2) is 67.5 Å². The van der Waals surface area contributed by atoms with E-state index in [4.69, 9.17) is 4.74 Å². The number of benzene rings is 1. The number of rotatable bonds is 8. The summed E-state index contributed by atoms with van der Waals surface area (Å²) in [6, 6.07) is 7.64. The highest BCUT2D eigenvalue weighted by molar-refractivity contribution is 7.92. The Labute approximate surface area is 173 Å². The van der Waals surface area contributed by atoms with Gasteiger partial charge in [0.1, 0.15) is 11.5 Å². The molecule has 0 aliphatic carbocycles. The first-order valence-corrected chi connectivity index (χ1v) is 12.3. The van der Waals surface area contributed by atoms with Gasteiger partial charge >= 0.3 is 0 Å². The highest BCUT2D eigenvalue weighted by atomic mass is 32.2. The topological polar surface area (TPSA) is 98.0 Å². The molecule has 3 rings (SSSR count). The summed E-state index contributed by atoms with van der Waals surface area (Å²) in [4.78, 5) is 30.5. The lowest BCUT2D eigenvalue weighted by Crippen LogP contribution is -2.35. The van der Waals surface area contributed by atoms with Gasteiger partial charge in [-0.2, -0.15) is 4.99 Å². The molecule has 2 amide bonds. The average molecular weight is 440 g/mol. The predicted octanol–water partition coefficient (Wildman–Crippen LogP) is 1.20. The van der Waals surface area contributed by atoms with Gasteiger partial charge in [-0.1, -0.05) is 23.5 Å². The van der Waals surface area contributed by atoms with Crippen LogP contribution in [0.1, 0.15) is 19.8 Å². The Morgan fingerprint density at radius 1 is 1.17 bits per heavy atom. The number of nitrogens with zero attached hydrogens (tertiary/aromatic N) is 3. The lowest BCUT2D eigenvalue weighted by molar-refractivity contribution is -0.127. The number of thiazole rings is 1. The Balaban J connectivity index is 1.77. The fraction of sp³-hybridized carbons (Fsp3) is 0.526. The normalized spacial score (nSPS) is 15.3. The zero-order valence-electron chi connectivity index (χ0n) is 16.4. The molecule has 1 saturated heterocycles. The fourth-order valence-corrected chi connectivity index (χ4v) is 5.42. The summed E-state index contributed by atoms with van der Waals surface area (Å²) >= 11 is 1.32. The van der Waals surface area contributed by atoms with Crippen molar-refractivity contribution < 1.29 is 22.7 Å². The number of hydrogen-bond acceptors (Lipinski definition) is 6. The van der Waals surface area contributed by atoms with E-state index in [0.717, 1.165) is 23.1 Å². The van der Waals surface area contributed by atoms with Gasteiger partial charge in [-0.3, -0.25) is 9.59 Å². The van der Waals surface area contributed by atoms with E-state index in [-0.39, 0.29) is 0 Å². The number of amides is 2. The summed E-state index contributed by atoms with van der Waals surface area (Å²) in [6.07, 6.45) is 1.77. The molecule has 10 heteroatoms. The number of ether oxygens (including phenoxy) is 1. The smallest absolute Gasteiger partial charge is 0.263 e. The summed E-state index contributed by atoms with van der Waals surface area (Å²) < 4.78 is 32.8. The third-order valence-electron chi connectivity index (χ3n) is 4.62. The molecular weight excluding hydrogens is 414 g/mol. The number of hydrogen-bond donors (Lipinski definition) is 0. The molecule has 1 fully saturated rings. The Morgan fingerprint density at radius 3 is 2.62 bits per heavy atom. The van der Waals surface area contributed by atoms with Crippen molar-refractivity contribution in [1.82, 2.24) is 9.47 Å². The molecule has 8 nitrogen and oxygen atoms in total. The molecule has 29 heavy (non-hydrogen) atoms. The number of sulfone groups is 1. The van der Waals surface area contributed by atoms with Crippen LogP contribution in [-0.2, 0) is 30.7 Å². The summed E-state index contributed by atoms with van der Waals surface area (Å²) in [6.45, 7) is 4.60. The Hall–Kier alpha value is -2.04. The maximum Gasteiger partial charge on any atom is 0.263 e. The maximum atomic E-state index is 12.4. The molecule has 0 atom stereocenters. The molecule has 0 radical (unpaired) electrons. The summed E-state index contributed by atoms with van der Waals surface area (Å²) in [5, 5.41) is 0. The number of aromatic nitrogens is 1. The lowest BCUT2D eigenvalue weighted by Gasteiger charge is -2.14. The van der Waals surface area contributed by atoms with Crippen molar-refractivity contribution in [2.45, 2.75) is 26.3 Å². The lowest BCUT2D eigenvalue weighted by atomic mass is 10.3. The van der Waals surface area contributed by atoms with E-state index in [2.05, 4.69) is 4.99 Å². The predicted molar refractivity (Wildman–Crippen MR) is 111 cm³/mol. The molecule has 0 bridgehead atoms. The highest BCUT2D eigenvalue weighted by Crippen LogP contribution is 2.16. The van der Waals surface area contributed by atoms with E-state index in [1.54, 1.807) is 0 Å². The molecule has 0 N–H and O–H groups in total. The minimum atomic E-state index is -3.87. The standard InChI is InChI=1S/C19H25N3O5S2/c1-2-27-12-11-22-15-7-3-4-8-16(15)28-19(22)20-17(23)13-29(25,26)14-18(24)21-9-5-6-10-21/h3-4,7-8H,2,5-6,9-14H2,1H3. The number of likely N-dealkylation sites (tertiary alicyclic amines) is 1. The molecule has 1 aliphatic rings. The number of carbonyl (C=O) groups excluding carboxylic acids is 2. The van der Waals surface area contributed by atoms with E-state index >= 15 is 0 Å². The van der Waals surface area contributed by atoms with Gasteiger partial charge in [0.25, 0.3) is 5.91 Å². The average Bonchev–Trinajstić information content (AvgIpc) is 3.29. The zero-order valence-corrected chi connectivity index (χ0v) is 18.0. The molecule has 2 aromatic rings. The van der Waals surface area contributed by atoms with Crippen molar-refractivity contribution in [3.05, 3.63) is 29.1 Å². The van der Waals surface area contributed by atoms with Gasteiger partial charge in [0, 0.05) is 26.2 Å². The van der Waals surface area contributed by atoms with Crippen molar-refractivity contribution in [2.75, 3.05) is 37.8 Å². The van der Waals surface area contributed by atoms with Crippen LogP contribution in [0.5, 0.6) is 0 Å². The monoisotopic (exact) mass is 439 g/mol. The Bertz CT molecular complexity index is 1050. The van der Waals surface area contributed by atoms with Crippen LogP contribution in [0, 0.1) is 0 Å². The van der Waals surface area contributed by atoms with Gasteiger partial charge in [-0.05, 0) is 31.9 Å². The second kappa shape index (κ2) is 9.64. The van der Waals surface area contributed by atoms with E-state index in [1.165, 1.54) is 16.2 Å². The van der Waals surface area contributed by atoms with Gasteiger partial charge in [0.15, 0.2) is 14.6 Å². The molecule has 0 unspecified atom stereocenters. The minimum Gasteiger partial charge on any atom is -0.380 e. The second-order valence-corrected chi connectivity index (χ2v) is 9.90. The quantitative estimate of drug-likeness (QED) is 0.576. The van der Waals surface area contributed by atoms with Crippen LogP contribution in [0.2, 0.25) is 0 Å². The Kier molecular flexibility index (Phi) is 7.20. The molecule has 158 valence electrons. The van der Waals surface area contributed by atoms with Crippen LogP contribution < -0.4 is 4.80 Å². The molecule has 1 aromatic heterocycles. The molecule has 1 aliphatic heterocycles. The summed E-state index contributed by atoms with van der Waals surface area (Å²) in [5.41, 5.74) is 0.913. The molecule has 2 heterocycles. The number of carbonyl (C=O) groups is 2. The number of fused-ring (bicyclic) bond motifs is 1. The first-order valence-electron chi connectivity index (χ1n) is 9.61. The van der Waals surface area contributed by atoms with Crippen molar-refractivity contribution in [1.29, 1.82) is 0 Å². The van der Waals surface area contributed by atoms with Crippen LogP contribution >= 0.6 is 11.3 Å². The van der Waals surface area contributed by atoms with Crippen molar-refractivity contribution in [2.24, 2.45) is 4.99 Å². The SMILES string of the molecule is CCOCCn1c(=NC(=O)CS(=O)(=O)CC(=O)N2CCCC2)sc2ccccc21. The van der Waals surface area contributed by atoms with Crippen LogP contribution in [0.4, 0.5) is 0 Å². The molecule has 1 aromatic carbocycles. The molecule has 0 saturated carbocycles. The van der Waals surface area contributed by atoms with Crippen LogP contribution in [0.3, 0.4) is 0 Å². The molecule has 0 spiro atoms. The van der Waals surface area contributed by atoms with Crippen molar-refractivity contribution >= 4 is 43.2 Å². The van der Waals surface area contributed by atoms with E-state index < -0.39 is 33.2 Å². The second-order valence-electron chi connectivity index (χ2n) is 6.83. The highest BCUT2D eigenvalue weighted by Gasteiger charge is 2.26. The first-order chi connectivity index (χ1) is 13.9. The number of para-hydroxylation sites is 1. The summed E-state index contributed by atoms with van der Waals surface area (Å²) in [7, 11) is -3.87. The van der Waals surface area contributed by atoms with Crippen LogP contribution in [0.25, 0.3) is 10.2 Å². The van der Waals surface area contributed by atoms with E-state index in [0.29, 0.717) is 37.6 Å². The molecular formula is C19H25N3O5S2. The van der Waals surface area contributed by atoms with Crippen molar-refractivity contribution in [3.63, 3.8) is 0 Å². The van der Waals surface area contributed by atoms with Crippen molar-refractivity contribution in [3.8, 4) is 0 Å². The maximum absolute atomic E-state index is 12.4. The van der Waals surface area contributed by atoms with Gasteiger partial charge in [-0.25, -0.2) is 8.42 Å². The largest absolute Gasteiger partial charge is 0.380 e. The first kappa shape index (κ1) is 21.7. The Morgan fingerprint density at radius 2 is 1.90 bits per heavy atom. The minimum absolute atomic E-state index is 0.428. The fourth-order valence-electron chi connectivity index (χ4n) is 3.25. The van der Waals surface area contributed by atoms with Gasteiger partial charge in [-0.15, -0.1) is 0 Å². The van der Waals surface area contributed by atoms with Gasteiger partial charge in [0.2, 0.25) is 5.91 Å². The third-order valence-corrected chi connectivity index (χ3v) is 7.05.